The number of rotatable bonds is 3. The highest BCUT2D eigenvalue weighted by Gasteiger charge is 2.47. The number of fused-ring (bicyclic) bond motifs is 1. The van der Waals surface area contributed by atoms with Crippen LogP contribution in [0.15, 0.2) is 66.2 Å². The SMILES string of the molecule is O=C1C(=O)N(c2cccc(F)c2)C(c2ccc(Cl)c(Cl)c2)/C1=C(/O)c1ccc2c(c1)CCCC2. The first-order valence-corrected chi connectivity index (χ1v) is 11.7. The van der Waals surface area contributed by atoms with E-state index in [1.165, 1.54) is 34.7 Å². The van der Waals surface area contributed by atoms with Crippen LogP contribution in [0.1, 0.15) is 41.1 Å². The fraction of sp³-hybridized carbons (Fsp3) is 0.185. The van der Waals surface area contributed by atoms with Gasteiger partial charge in [-0.15, -0.1) is 0 Å². The van der Waals surface area contributed by atoms with Crippen LogP contribution in [-0.4, -0.2) is 16.8 Å². The Labute approximate surface area is 206 Å². The van der Waals surface area contributed by atoms with Gasteiger partial charge in [-0.1, -0.05) is 47.5 Å². The summed E-state index contributed by atoms with van der Waals surface area (Å²) in [6.45, 7) is 0. The molecule has 0 spiro atoms. The number of Topliss-reactive ketones (excluding diaryl/α,β-unsaturated/α-hetero) is 1. The third kappa shape index (κ3) is 3.89. The van der Waals surface area contributed by atoms with Gasteiger partial charge in [0.2, 0.25) is 0 Å². The van der Waals surface area contributed by atoms with Crippen LogP contribution in [0.5, 0.6) is 0 Å². The summed E-state index contributed by atoms with van der Waals surface area (Å²) in [5.74, 6) is -2.54. The van der Waals surface area contributed by atoms with Crippen molar-refractivity contribution in [2.75, 3.05) is 4.90 Å². The lowest BCUT2D eigenvalue weighted by atomic mass is 9.88. The van der Waals surface area contributed by atoms with Crippen LogP contribution >= 0.6 is 23.2 Å². The molecule has 1 aliphatic heterocycles. The number of aryl methyl sites for hydroxylation is 2. The summed E-state index contributed by atoms with van der Waals surface area (Å²) in [4.78, 5) is 27.6. The second-order valence-corrected chi connectivity index (χ2v) is 9.33. The third-order valence-electron chi connectivity index (χ3n) is 6.41. The van der Waals surface area contributed by atoms with Crippen LogP contribution in [0.4, 0.5) is 10.1 Å². The number of hydrogen-bond acceptors (Lipinski definition) is 3. The first-order chi connectivity index (χ1) is 16.3. The lowest BCUT2D eigenvalue weighted by Gasteiger charge is -2.26. The summed E-state index contributed by atoms with van der Waals surface area (Å²) in [7, 11) is 0. The van der Waals surface area contributed by atoms with Crippen molar-refractivity contribution < 1.29 is 19.1 Å². The molecular formula is C27H20Cl2FNO3. The molecular weight excluding hydrogens is 476 g/mol. The average molecular weight is 496 g/mol. The van der Waals surface area contributed by atoms with E-state index in [9.17, 15) is 19.1 Å². The molecule has 1 heterocycles. The van der Waals surface area contributed by atoms with Crippen molar-refractivity contribution in [1.82, 2.24) is 0 Å². The minimum atomic E-state index is -1.01. The number of carbonyl (C=O) groups excluding carboxylic acids is 2. The first-order valence-electron chi connectivity index (χ1n) is 11.0. The van der Waals surface area contributed by atoms with Crippen LogP contribution in [0.25, 0.3) is 5.76 Å². The minimum absolute atomic E-state index is 0.0802. The lowest BCUT2D eigenvalue weighted by Crippen LogP contribution is -2.29. The molecule has 5 rings (SSSR count). The largest absolute Gasteiger partial charge is 0.507 e. The molecule has 1 fully saturated rings. The Kier molecular flexibility index (Phi) is 5.92. The van der Waals surface area contributed by atoms with Crippen molar-refractivity contribution in [3.8, 4) is 0 Å². The van der Waals surface area contributed by atoms with Crippen LogP contribution in [0, 0.1) is 5.82 Å². The van der Waals surface area contributed by atoms with Gasteiger partial charge in [0.15, 0.2) is 0 Å². The lowest BCUT2D eigenvalue weighted by molar-refractivity contribution is -0.132. The van der Waals surface area contributed by atoms with E-state index in [1.807, 2.05) is 12.1 Å². The highest BCUT2D eigenvalue weighted by molar-refractivity contribution is 6.51. The Bertz CT molecular complexity index is 1370. The summed E-state index contributed by atoms with van der Waals surface area (Å²) in [5, 5.41) is 11.9. The van der Waals surface area contributed by atoms with Gasteiger partial charge in [-0.3, -0.25) is 14.5 Å². The van der Waals surface area contributed by atoms with Gasteiger partial charge in [-0.25, -0.2) is 4.39 Å². The van der Waals surface area contributed by atoms with Crippen LogP contribution in [-0.2, 0) is 22.4 Å². The zero-order valence-corrected chi connectivity index (χ0v) is 19.5. The third-order valence-corrected chi connectivity index (χ3v) is 7.15. The van der Waals surface area contributed by atoms with Gasteiger partial charge in [0.25, 0.3) is 11.7 Å². The Morgan fingerprint density at radius 2 is 1.68 bits per heavy atom. The van der Waals surface area contributed by atoms with Crippen molar-refractivity contribution in [3.05, 3.63) is 104 Å². The number of benzene rings is 3. The van der Waals surface area contributed by atoms with Crippen molar-refractivity contribution in [1.29, 1.82) is 0 Å². The number of anilines is 1. The maximum atomic E-state index is 14.0. The predicted octanol–water partition coefficient (Wildman–Crippen LogP) is 6.64. The van der Waals surface area contributed by atoms with Gasteiger partial charge in [-0.05, 0) is 78.8 Å². The van der Waals surface area contributed by atoms with E-state index in [-0.39, 0.29) is 22.0 Å². The van der Waals surface area contributed by atoms with Crippen LogP contribution < -0.4 is 4.90 Å². The zero-order valence-electron chi connectivity index (χ0n) is 18.0. The summed E-state index contributed by atoms with van der Waals surface area (Å²) < 4.78 is 14.0. The zero-order chi connectivity index (χ0) is 24.0. The molecule has 34 heavy (non-hydrogen) atoms. The van der Waals surface area contributed by atoms with E-state index in [4.69, 9.17) is 23.2 Å². The highest BCUT2D eigenvalue weighted by atomic mass is 35.5. The van der Waals surface area contributed by atoms with Gasteiger partial charge in [0.1, 0.15) is 11.6 Å². The highest BCUT2D eigenvalue weighted by Crippen LogP contribution is 2.43. The van der Waals surface area contributed by atoms with Crippen molar-refractivity contribution in [2.24, 2.45) is 0 Å². The molecule has 7 heteroatoms. The summed E-state index contributed by atoms with van der Waals surface area (Å²) in [6.07, 6.45) is 4.05. The molecule has 0 saturated carbocycles. The Morgan fingerprint density at radius 1 is 0.912 bits per heavy atom. The molecule has 4 nitrogen and oxygen atoms in total. The average Bonchev–Trinajstić information content (AvgIpc) is 3.10. The molecule has 0 aromatic heterocycles. The van der Waals surface area contributed by atoms with Crippen molar-refractivity contribution >= 4 is 46.3 Å². The molecule has 3 aromatic rings. The van der Waals surface area contributed by atoms with Gasteiger partial charge in [-0.2, -0.15) is 0 Å². The number of carbonyl (C=O) groups is 2. The van der Waals surface area contributed by atoms with Crippen LogP contribution in [0.3, 0.4) is 0 Å². The van der Waals surface area contributed by atoms with Gasteiger partial charge in [0, 0.05) is 11.3 Å². The van der Waals surface area contributed by atoms with Crippen molar-refractivity contribution in [2.45, 2.75) is 31.7 Å². The quantitative estimate of drug-likeness (QED) is 0.251. The molecule has 1 aliphatic carbocycles. The van der Waals surface area contributed by atoms with E-state index in [0.29, 0.717) is 16.1 Å². The number of nitrogens with zero attached hydrogens (tertiary/aromatic N) is 1. The minimum Gasteiger partial charge on any atom is -0.507 e. The van der Waals surface area contributed by atoms with E-state index < -0.39 is 23.5 Å². The van der Waals surface area contributed by atoms with Gasteiger partial charge in [0.05, 0.1) is 21.7 Å². The number of aliphatic hydroxyl groups excluding tert-OH is 1. The van der Waals surface area contributed by atoms with E-state index >= 15 is 0 Å². The molecule has 0 bridgehead atoms. The summed E-state index contributed by atoms with van der Waals surface area (Å²) >= 11 is 12.3. The number of hydrogen-bond donors (Lipinski definition) is 1. The number of amides is 1. The smallest absolute Gasteiger partial charge is 0.300 e. The van der Waals surface area contributed by atoms with E-state index in [0.717, 1.165) is 31.2 Å². The van der Waals surface area contributed by atoms with Gasteiger partial charge < -0.3 is 5.11 Å². The van der Waals surface area contributed by atoms with E-state index in [1.54, 1.807) is 24.3 Å². The monoisotopic (exact) mass is 495 g/mol. The standard InChI is InChI=1S/C27H20Cl2FNO3/c28-21-11-10-17(13-22(21)29)24-23(25(32)18-9-8-15-4-1-2-5-16(15)12-18)26(33)27(34)31(24)20-7-3-6-19(30)14-20/h3,6-14,24,32H,1-2,4-5H2/b25-23-. The number of aliphatic hydroxyl groups is 1. The fourth-order valence-corrected chi connectivity index (χ4v) is 5.07. The second-order valence-electron chi connectivity index (χ2n) is 8.51. The Hall–Kier alpha value is -3.15. The van der Waals surface area contributed by atoms with Gasteiger partial charge >= 0.3 is 0 Å². The second kappa shape index (κ2) is 8.90. The van der Waals surface area contributed by atoms with E-state index in [2.05, 4.69) is 0 Å². The molecule has 2 aliphatic rings. The first kappa shape index (κ1) is 22.6. The maximum Gasteiger partial charge on any atom is 0.300 e. The number of halogens is 3. The molecule has 1 N–H and O–H groups in total. The predicted molar refractivity (Wildman–Crippen MR) is 131 cm³/mol. The normalized spacial score (nSPS) is 19.4. The molecule has 1 saturated heterocycles. The molecule has 1 amide bonds. The fourth-order valence-electron chi connectivity index (χ4n) is 4.76. The van der Waals surface area contributed by atoms with Crippen molar-refractivity contribution in [3.63, 3.8) is 0 Å². The molecule has 1 unspecified atom stereocenters. The number of ketones is 1. The topological polar surface area (TPSA) is 57.6 Å². The molecule has 172 valence electrons. The summed E-state index contributed by atoms with van der Waals surface area (Å²) in [5.41, 5.74) is 3.40. The molecule has 3 aromatic carbocycles. The maximum absolute atomic E-state index is 14.0. The van der Waals surface area contributed by atoms with Crippen LogP contribution in [0.2, 0.25) is 10.0 Å². The molecule has 1 atom stereocenters. The Balaban J connectivity index is 1.71. The summed E-state index contributed by atoms with van der Waals surface area (Å²) in [6, 6.07) is 14.8. The molecule has 0 radical (unpaired) electrons. The Morgan fingerprint density at radius 3 is 2.41 bits per heavy atom.